The summed E-state index contributed by atoms with van der Waals surface area (Å²) < 4.78 is 10.7. The Morgan fingerprint density at radius 3 is 2.54 bits per heavy atom. The summed E-state index contributed by atoms with van der Waals surface area (Å²) in [5.74, 6) is 2.07. The summed E-state index contributed by atoms with van der Waals surface area (Å²) in [6, 6.07) is 3.28. The molecular formula is C22H39NO4S. The van der Waals surface area contributed by atoms with Crippen LogP contribution in [0.2, 0.25) is 0 Å². The number of amides is 1. The van der Waals surface area contributed by atoms with Crippen molar-refractivity contribution < 1.29 is 18.7 Å². The van der Waals surface area contributed by atoms with Crippen molar-refractivity contribution in [3.63, 3.8) is 0 Å². The van der Waals surface area contributed by atoms with Gasteiger partial charge in [0.25, 0.3) is 0 Å². The van der Waals surface area contributed by atoms with Crippen molar-refractivity contribution >= 4 is 23.5 Å². The zero-order valence-electron chi connectivity index (χ0n) is 14.7. The van der Waals surface area contributed by atoms with Gasteiger partial charge in [-0.25, -0.2) is 0 Å². The van der Waals surface area contributed by atoms with E-state index in [0.29, 0.717) is 11.7 Å². The summed E-state index contributed by atoms with van der Waals surface area (Å²) in [5, 5.41) is 2.77. The van der Waals surface area contributed by atoms with E-state index >= 15 is 0 Å². The lowest BCUT2D eigenvalue weighted by atomic mass is 9.86. The molecule has 0 bridgehead atoms. The fourth-order valence-electron chi connectivity index (χ4n) is 3.66. The number of rotatable bonds is 7. The first-order valence-corrected chi connectivity index (χ1v) is 10.3. The van der Waals surface area contributed by atoms with Crippen LogP contribution in [0.4, 0.5) is 0 Å². The molecule has 1 aliphatic heterocycles. The van der Waals surface area contributed by atoms with Crippen LogP contribution in [0.25, 0.3) is 0 Å². The van der Waals surface area contributed by atoms with Crippen LogP contribution in [0.5, 0.6) is 0 Å². The standard InChI is InChI=1S/C19H27NO4S.3CH4/c1-13-18(16(21)11-24-13)20-19(22)17(10-14-6-3-2-4-7-14)25-12-15-8-5-9-23-15;;;/h5,8-9,13-14,17-18H,2-4,6-7,10-12H2,1H3,(H,20,22);3*1H4/t13-,17-,18-;;;/m1.../s1. The highest BCUT2D eigenvalue weighted by molar-refractivity contribution is 7.99. The monoisotopic (exact) mass is 413 g/mol. The Morgan fingerprint density at radius 2 is 1.96 bits per heavy atom. The number of hydrogen-bond acceptors (Lipinski definition) is 5. The Kier molecular flexibility index (Phi) is 12.5. The van der Waals surface area contributed by atoms with Gasteiger partial charge in [0.05, 0.1) is 23.4 Å². The summed E-state index contributed by atoms with van der Waals surface area (Å²) in [5.41, 5.74) is 0. The molecule has 3 atom stereocenters. The third kappa shape index (κ3) is 7.28. The first-order chi connectivity index (χ1) is 12.1. The van der Waals surface area contributed by atoms with Crippen LogP contribution in [0.3, 0.4) is 0 Å². The summed E-state index contributed by atoms with van der Waals surface area (Å²) in [6.07, 6.45) is 8.50. The third-order valence-corrected chi connectivity index (χ3v) is 6.43. The number of Topliss-reactive ketones (excluding diaryl/α,β-unsaturated/α-hetero) is 1. The Balaban J connectivity index is 0.00000243. The van der Waals surface area contributed by atoms with Gasteiger partial charge in [-0.15, -0.1) is 11.8 Å². The molecule has 0 radical (unpaired) electrons. The average molecular weight is 414 g/mol. The van der Waals surface area contributed by atoms with Crippen molar-refractivity contribution in [1.82, 2.24) is 5.32 Å². The normalized spacial score (nSPS) is 23.1. The Hall–Kier alpha value is -1.27. The summed E-state index contributed by atoms with van der Waals surface area (Å²) in [7, 11) is 0. The summed E-state index contributed by atoms with van der Waals surface area (Å²) in [4.78, 5) is 24.8. The number of carbonyl (C=O) groups is 2. The molecule has 2 aliphatic rings. The molecule has 1 aromatic heterocycles. The maximum Gasteiger partial charge on any atom is 0.233 e. The number of thioether (sulfide) groups is 1. The molecule has 1 aromatic rings. The second kappa shape index (κ2) is 13.0. The number of nitrogens with one attached hydrogen (secondary N) is 1. The highest BCUT2D eigenvalue weighted by Crippen LogP contribution is 2.32. The smallest absolute Gasteiger partial charge is 0.233 e. The molecule has 1 saturated carbocycles. The first kappa shape index (κ1) is 26.7. The van der Waals surface area contributed by atoms with E-state index in [1.807, 2.05) is 19.1 Å². The number of ketones is 1. The molecule has 1 aliphatic carbocycles. The second-order valence-electron chi connectivity index (χ2n) is 7.09. The molecular weight excluding hydrogens is 374 g/mol. The van der Waals surface area contributed by atoms with Gasteiger partial charge in [-0.3, -0.25) is 9.59 Å². The Bertz CT molecular complexity index is 569. The highest BCUT2D eigenvalue weighted by atomic mass is 32.2. The van der Waals surface area contributed by atoms with Crippen molar-refractivity contribution in [3.8, 4) is 0 Å². The van der Waals surface area contributed by atoms with Gasteiger partial charge in [0.15, 0.2) is 5.78 Å². The maximum absolute atomic E-state index is 12.9. The minimum atomic E-state index is -0.509. The molecule has 1 amide bonds. The van der Waals surface area contributed by atoms with Crippen molar-refractivity contribution in [3.05, 3.63) is 24.2 Å². The molecule has 0 spiro atoms. The van der Waals surface area contributed by atoms with E-state index in [1.165, 1.54) is 32.1 Å². The fraction of sp³-hybridized carbons (Fsp3) is 0.727. The summed E-state index contributed by atoms with van der Waals surface area (Å²) in [6.45, 7) is 1.93. The van der Waals surface area contributed by atoms with Gasteiger partial charge in [0, 0.05) is 0 Å². The number of hydrogen-bond donors (Lipinski definition) is 1. The molecule has 2 heterocycles. The van der Waals surface area contributed by atoms with Gasteiger partial charge < -0.3 is 14.5 Å². The molecule has 0 aromatic carbocycles. The Labute approximate surface area is 175 Å². The van der Waals surface area contributed by atoms with Crippen molar-refractivity contribution in [2.24, 2.45) is 5.92 Å². The molecule has 1 N–H and O–H groups in total. The molecule has 28 heavy (non-hydrogen) atoms. The number of carbonyl (C=O) groups excluding carboxylic acids is 2. The quantitative estimate of drug-likeness (QED) is 0.662. The Morgan fingerprint density at radius 1 is 1.25 bits per heavy atom. The lowest BCUT2D eigenvalue weighted by Crippen LogP contribution is -2.47. The molecule has 2 fully saturated rings. The van der Waals surface area contributed by atoms with E-state index in [1.54, 1.807) is 18.0 Å². The molecule has 0 unspecified atom stereocenters. The number of furan rings is 1. The molecule has 6 heteroatoms. The maximum atomic E-state index is 12.9. The van der Waals surface area contributed by atoms with Crippen LogP contribution < -0.4 is 5.32 Å². The van der Waals surface area contributed by atoms with Crippen LogP contribution >= 0.6 is 11.8 Å². The van der Waals surface area contributed by atoms with E-state index in [4.69, 9.17) is 9.15 Å². The third-order valence-electron chi connectivity index (χ3n) is 5.17. The lowest BCUT2D eigenvalue weighted by molar-refractivity contribution is -0.126. The van der Waals surface area contributed by atoms with Gasteiger partial charge >= 0.3 is 0 Å². The minimum absolute atomic E-state index is 0. The van der Waals surface area contributed by atoms with Gasteiger partial charge in [-0.1, -0.05) is 54.4 Å². The molecule has 3 rings (SSSR count). The van der Waals surface area contributed by atoms with E-state index in [2.05, 4.69) is 5.32 Å². The van der Waals surface area contributed by atoms with Crippen molar-refractivity contribution in [2.45, 2.75) is 90.9 Å². The topological polar surface area (TPSA) is 68.5 Å². The van der Waals surface area contributed by atoms with E-state index in [9.17, 15) is 9.59 Å². The van der Waals surface area contributed by atoms with Crippen LogP contribution in [0.1, 0.15) is 73.5 Å². The minimum Gasteiger partial charge on any atom is -0.468 e. The largest absolute Gasteiger partial charge is 0.468 e. The van der Waals surface area contributed by atoms with Crippen LogP contribution in [0.15, 0.2) is 22.8 Å². The van der Waals surface area contributed by atoms with Crippen molar-refractivity contribution in [1.29, 1.82) is 0 Å². The van der Waals surface area contributed by atoms with Crippen LogP contribution in [0, 0.1) is 5.92 Å². The fourth-order valence-corrected chi connectivity index (χ4v) is 4.82. The first-order valence-electron chi connectivity index (χ1n) is 9.22. The van der Waals surface area contributed by atoms with E-state index in [0.717, 1.165) is 12.2 Å². The van der Waals surface area contributed by atoms with Crippen molar-refractivity contribution in [2.75, 3.05) is 6.61 Å². The number of ether oxygens (including phenoxy) is 1. The zero-order chi connectivity index (χ0) is 17.6. The molecule has 162 valence electrons. The molecule has 1 saturated heterocycles. The van der Waals surface area contributed by atoms with E-state index < -0.39 is 6.04 Å². The SMILES string of the molecule is C.C.C.C[C@H]1OCC(=O)[C@@H]1NC(=O)[C@@H](CC1CCCCC1)SCc1ccco1. The van der Waals surface area contributed by atoms with Gasteiger partial charge in [0.1, 0.15) is 18.4 Å². The average Bonchev–Trinajstić information content (AvgIpc) is 3.24. The molecule has 5 nitrogen and oxygen atoms in total. The van der Waals surface area contributed by atoms with Gasteiger partial charge in [-0.2, -0.15) is 0 Å². The lowest BCUT2D eigenvalue weighted by Gasteiger charge is -2.26. The zero-order valence-corrected chi connectivity index (χ0v) is 15.6. The van der Waals surface area contributed by atoms with Gasteiger partial charge in [0.2, 0.25) is 5.91 Å². The predicted molar refractivity (Wildman–Crippen MR) is 118 cm³/mol. The van der Waals surface area contributed by atoms with Gasteiger partial charge in [-0.05, 0) is 31.4 Å². The van der Waals surface area contributed by atoms with Crippen LogP contribution in [-0.4, -0.2) is 35.7 Å². The predicted octanol–water partition coefficient (Wildman–Crippen LogP) is 5.23. The highest BCUT2D eigenvalue weighted by Gasteiger charge is 2.36. The van der Waals surface area contributed by atoms with Crippen LogP contribution in [-0.2, 0) is 20.1 Å². The summed E-state index contributed by atoms with van der Waals surface area (Å²) >= 11 is 1.61. The second-order valence-corrected chi connectivity index (χ2v) is 8.28. The van der Waals surface area contributed by atoms with E-state index in [-0.39, 0.29) is 51.9 Å².